The van der Waals surface area contributed by atoms with Gasteiger partial charge in [-0.1, -0.05) is 25.1 Å². The van der Waals surface area contributed by atoms with Crippen molar-refractivity contribution in [3.63, 3.8) is 0 Å². The molecule has 0 atom stereocenters. The molecule has 0 saturated carbocycles. The highest BCUT2D eigenvalue weighted by atomic mass is 16.5. The first-order valence-electron chi connectivity index (χ1n) is 8.45. The lowest BCUT2D eigenvalue weighted by molar-refractivity contribution is 0.102. The van der Waals surface area contributed by atoms with E-state index in [2.05, 4.69) is 34.7 Å². The number of hydrogen-bond donors (Lipinski definition) is 2. The third kappa shape index (κ3) is 4.39. The zero-order valence-corrected chi connectivity index (χ0v) is 14.8. The van der Waals surface area contributed by atoms with Gasteiger partial charge in [0, 0.05) is 11.3 Å². The number of methoxy groups -OCH3 is 1. The average molecular weight is 347 g/mol. The molecule has 0 aliphatic heterocycles. The standard InChI is InChI=1S/C21H21N3O2/c1-3-15-7-9-17(10-8-15)23-20-12-11-18(14-22-20)24-21(25)16-5-4-6-19(13-16)26-2/h4-14H,3H2,1-2H3,(H,22,23)(H,24,25). The number of nitrogens with one attached hydrogen (secondary N) is 2. The summed E-state index contributed by atoms with van der Waals surface area (Å²) in [6, 6.07) is 18.9. The van der Waals surface area contributed by atoms with Crippen LogP contribution in [0.1, 0.15) is 22.8 Å². The van der Waals surface area contributed by atoms with E-state index < -0.39 is 0 Å². The Hall–Kier alpha value is -3.34. The monoisotopic (exact) mass is 347 g/mol. The van der Waals surface area contributed by atoms with Crippen LogP contribution < -0.4 is 15.4 Å². The van der Waals surface area contributed by atoms with Crippen LogP contribution >= 0.6 is 0 Å². The van der Waals surface area contributed by atoms with Gasteiger partial charge >= 0.3 is 0 Å². The molecule has 0 bridgehead atoms. The highest BCUT2D eigenvalue weighted by molar-refractivity contribution is 6.04. The van der Waals surface area contributed by atoms with E-state index in [9.17, 15) is 4.79 Å². The number of aryl methyl sites for hydroxylation is 1. The van der Waals surface area contributed by atoms with Gasteiger partial charge in [0.1, 0.15) is 11.6 Å². The zero-order chi connectivity index (χ0) is 18.4. The summed E-state index contributed by atoms with van der Waals surface area (Å²) in [4.78, 5) is 16.7. The van der Waals surface area contributed by atoms with Crippen LogP contribution in [0.4, 0.5) is 17.2 Å². The number of rotatable bonds is 6. The summed E-state index contributed by atoms with van der Waals surface area (Å²) in [6.07, 6.45) is 2.64. The van der Waals surface area contributed by atoms with Crippen LogP contribution in [-0.2, 0) is 6.42 Å². The van der Waals surface area contributed by atoms with Crippen molar-refractivity contribution < 1.29 is 9.53 Å². The SMILES string of the molecule is CCc1ccc(Nc2ccc(NC(=O)c3cccc(OC)c3)cn2)cc1. The van der Waals surface area contributed by atoms with Crippen molar-refractivity contribution >= 4 is 23.1 Å². The van der Waals surface area contributed by atoms with E-state index in [1.54, 1.807) is 37.6 Å². The van der Waals surface area contributed by atoms with E-state index in [0.29, 0.717) is 22.8 Å². The number of aromatic nitrogens is 1. The van der Waals surface area contributed by atoms with Crippen LogP contribution in [0.5, 0.6) is 5.75 Å². The maximum Gasteiger partial charge on any atom is 0.255 e. The van der Waals surface area contributed by atoms with E-state index in [-0.39, 0.29) is 5.91 Å². The molecule has 1 aromatic heterocycles. The fourth-order valence-electron chi connectivity index (χ4n) is 2.48. The Morgan fingerprint density at radius 3 is 2.46 bits per heavy atom. The molecule has 1 heterocycles. The minimum atomic E-state index is -0.207. The Balaban J connectivity index is 1.64. The number of amides is 1. The van der Waals surface area contributed by atoms with Crippen molar-refractivity contribution in [2.24, 2.45) is 0 Å². The minimum Gasteiger partial charge on any atom is -0.497 e. The van der Waals surface area contributed by atoms with Gasteiger partial charge in [0.05, 0.1) is 19.0 Å². The molecule has 0 fully saturated rings. The molecule has 0 radical (unpaired) electrons. The van der Waals surface area contributed by atoms with E-state index >= 15 is 0 Å². The van der Waals surface area contributed by atoms with Crippen molar-refractivity contribution in [2.75, 3.05) is 17.7 Å². The molecule has 2 N–H and O–H groups in total. The lowest BCUT2D eigenvalue weighted by atomic mass is 10.1. The van der Waals surface area contributed by atoms with E-state index in [1.165, 1.54) is 5.56 Å². The number of carbonyl (C=O) groups is 1. The van der Waals surface area contributed by atoms with Crippen molar-refractivity contribution in [3.8, 4) is 5.75 Å². The molecule has 0 aliphatic carbocycles. The van der Waals surface area contributed by atoms with Gasteiger partial charge in [0.25, 0.3) is 5.91 Å². The smallest absolute Gasteiger partial charge is 0.255 e. The highest BCUT2D eigenvalue weighted by Gasteiger charge is 2.07. The first-order valence-corrected chi connectivity index (χ1v) is 8.45. The van der Waals surface area contributed by atoms with E-state index in [4.69, 9.17) is 4.74 Å². The molecule has 5 heteroatoms. The summed E-state index contributed by atoms with van der Waals surface area (Å²) in [5, 5.41) is 6.07. The summed E-state index contributed by atoms with van der Waals surface area (Å²) < 4.78 is 5.14. The van der Waals surface area contributed by atoms with Gasteiger partial charge in [-0.15, -0.1) is 0 Å². The molecular formula is C21H21N3O2. The summed E-state index contributed by atoms with van der Waals surface area (Å²) >= 11 is 0. The lowest BCUT2D eigenvalue weighted by Gasteiger charge is -2.09. The van der Waals surface area contributed by atoms with Gasteiger partial charge in [-0.25, -0.2) is 4.98 Å². The number of benzene rings is 2. The number of carbonyl (C=O) groups excluding carboxylic acids is 1. The van der Waals surface area contributed by atoms with Gasteiger partial charge in [-0.05, 0) is 54.4 Å². The van der Waals surface area contributed by atoms with Crippen LogP contribution in [0.2, 0.25) is 0 Å². The first-order chi connectivity index (χ1) is 12.7. The Labute approximate surface area is 153 Å². The molecule has 2 aromatic carbocycles. The number of nitrogens with zero attached hydrogens (tertiary/aromatic N) is 1. The van der Waals surface area contributed by atoms with E-state index in [1.807, 2.05) is 24.3 Å². The maximum absolute atomic E-state index is 12.3. The second-order valence-corrected chi connectivity index (χ2v) is 5.79. The van der Waals surface area contributed by atoms with Crippen LogP contribution in [0.3, 0.4) is 0 Å². The maximum atomic E-state index is 12.3. The Bertz CT molecular complexity index is 875. The quantitative estimate of drug-likeness (QED) is 0.681. The Kier molecular flexibility index (Phi) is 5.49. The third-order valence-electron chi connectivity index (χ3n) is 3.99. The zero-order valence-electron chi connectivity index (χ0n) is 14.8. The number of pyridine rings is 1. The molecule has 0 spiro atoms. The molecule has 0 saturated heterocycles. The summed E-state index contributed by atoms with van der Waals surface area (Å²) in [5.74, 6) is 1.15. The number of ether oxygens (including phenoxy) is 1. The van der Waals surface area contributed by atoms with Crippen LogP contribution in [0.25, 0.3) is 0 Å². The van der Waals surface area contributed by atoms with Gasteiger partial charge < -0.3 is 15.4 Å². The molecule has 132 valence electrons. The Morgan fingerprint density at radius 2 is 1.81 bits per heavy atom. The largest absolute Gasteiger partial charge is 0.497 e. The van der Waals surface area contributed by atoms with Gasteiger partial charge in [0.15, 0.2) is 0 Å². The third-order valence-corrected chi connectivity index (χ3v) is 3.99. The predicted octanol–water partition coefficient (Wildman–Crippen LogP) is 4.65. The summed E-state index contributed by atoms with van der Waals surface area (Å²) in [6.45, 7) is 2.13. The fraction of sp³-hybridized carbons (Fsp3) is 0.143. The summed E-state index contributed by atoms with van der Waals surface area (Å²) in [7, 11) is 1.57. The van der Waals surface area contributed by atoms with E-state index in [0.717, 1.165) is 12.1 Å². The number of hydrogen-bond acceptors (Lipinski definition) is 4. The fourth-order valence-corrected chi connectivity index (χ4v) is 2.48. The van der Waals surface area contributed by atoms with Crippen molar-refractivity contribution in [3.05, 3.63) is 78.0 Å². The summed E-state index contributed by atoms with van der Waals surface area (Å²) in [5.41, 5.74) is 3.43. The topological polar surface area (TPSA) is 63.2 Å². The molecule has 3 aromatic rings. The molecule has 0 unspecified atom stereocenters. The van der Waals surface area contributed by atoms with Gasteiger partial charge in [0.2, 0.25) is 0 Å². The van der Waals surface area contributed by atoms with Crippen molar-refractivity contribution in [1.29, 1.82) is 0 Å². The lowest BCUT2D eigenvalue weighted by Crippen LogP contribution is -2.12. The molecule has 3 rings (SSSR count). The first kappa shape index (κ1) is 17.5. The van der Waals surface area contributed by atoms with Crippen molar-refractivity contribution in [1.82, 2.24) is 4.98 Å². The predicted molar refractivity (Wildman–Crippen MR) is 104 cm³/mol. The minimum absolute atomic E-state index is 0.207. The molecule has 5 nitrogen and oxygen atoms in total. The van der Waals surface area contributed by atoms with Gasteiger partial charge in [-0.2, -0.15) is 0 Å². The van der Waals surface area contributed by atoms with Crippen LogP contribution in [-0.4, -0.2) is 18.0 Å². The van der Waals surface area contributed by atoms with Crippen LogP contribution in [0, 0.1) is 0 Å². The second kappa shape index (κ2) is 8.16. The average Bonchev–Trinajstić information content (AvgIpc) is 2.70. The molecule has 26 heavy (non-hydrogen) atoms. The van der Waals surface area contributed by atoms with Crippen molar-refractivity contribution in [2.45, 2.75) is 13.3 Å². The van der Waals surface area contributed by atoms with Gasteiger partial charge in [-0.3, -0.25) is 4.79 Å². The molecule has 1 amide bonds. The second-order valence-electron chi connectivity index (χ2n) is 5.79. The number of anilines is 3. The normalized spacial score (nSPS) is 10.2. The highest BCUT2D eigenvalue weighted by Crippen LogP contribution is 2.18. The Morgan fingerprint density at radius 1 is 1.04 bits per heavy atom. The molecule has 0 aliphatic rings. The molecular weight excluding hydrogens is 326 g/mol. The van der Waals surface area contributed by atoms with Crippen LogP contribution in [0.15, 0.2) is 66.9 Å².